The van der Waals surface area contributed by atoms with Gasteiger partial charge in [-0.25, -0.2) is 0 Å². The van der Waals surface area contributed by atoms with Crippen LogP contribution in [0, 0.1) is 47.3 Å². The Morgan fingerprint density at radius 3 is 1.36 bits per heavy atom. The zero-order chi connectivity index (χ0) is 19.7. The lowest BCUT2D eigenvalue weighted by Gasteiger charge is -2.60. The van der Waals surface area contributed by atoms with Crippen LogP contribution in [0.25, 0.3) is 0 Å². The summed E-state index contributed by atoms with van der Waals surface area (Å²) < 4.78 is 0. The van der Waals surface area contributed by atoms with Crippen molar-refractivity contribution in [3.63, 3.8) is 0 Å². The number of hydrogen-bond acceptors (Lipinski definition) is 4. The Hall–Kier alpha value is -1.98. The molecule has 6 nitrogen and oxygen atoms in total. The van der Waals surface area contributed by atoms with Crippen LogP contribution in [-0.2, 0) is 19.2 Å². The number of unbranched alkanes of at least 4 members (excludes halogenated alkanes) is 2. The summed E-state index contributed by atoms with van der Waals surface area (Å²) in [4.78, 5) is 55.0. The zero-order valence-electron chi connectivity index (χ0n) is 16.5. The molecule has 2 bridgehead atoms. The average molecular weight is 384 g/mol. The van der Waals surface area contributed by atoms with Crippen LogP contribution in [0.15, 0.2) is 12.2 Å². The van der Waals surface area contributed by atoms with Gasteiger partial charge in [0.1, 0.15) is 0 Å². The van der Waals surface area contributed by atoms with Crippen LogP contribution in [0.1, 0.15) is 39.5 Å². The maximum atomic E-state index is 13.1. The molecule has 0 aromatic heterocycles. The highest BCUT2D eigenvalue weighted by atomic mass is 16.2. The number of allylic oxidation sites excluding steroid dienone is 2. The molecule has 4 amide bonds. The normalized spacial score (nSPS) is 42.8. The number of carbonyl (C=O) groups excluding carboxylic acids is 4. The Bertz CT molecular complexity index is 733. The lowest BCUT2D eigenvalue weighted by atomic mass is 9.40. The molecule has 0 radical (unpaired) electrons. The zero-order valence-corrected chi connectivity index (χ0v) is 16.5. The molecule has 6 aliphatic rings. The number of amides is 4. The highest BCUT2D eigenvalue weighted by Crippen LogP contribution is 2.68. The minimum Gasteiger partial charge on any atom is -0.282 e. The van der Waals surface area contributed by atoms with Gasteiger partial charge in [-0.2, -0.15) is 0 Å². The first-order valence-electron chi connectivity index (χ1n) is 10.9. The molecule has 4 fully saturated rings. The van der Waals surface area contributed by atoms with Gasteiger partial charge in [0.05, 0.1) is 23.7 Å². The summed E-state index contributed by atoms with van der Waals surface area (Å²) in [5.41, 5.74) is 0. The fourth-order valence-corrected chi connectivity index (χ4v) is 6.80. The van der Waals surface area contributed by atoms with Crippen molar-refractivity contribution in [3.05, 3.63) is 12.2 Å². The van der Waals surface area contributed by atoms with Crippen LogP contribution in [0.3, 0.4) is 0 Å². The molecule has 4 aliphatic carbocycles. The lowest BCUT2D eigenvalue weighted by Crippen LogP contribution is -2.63. The molecule has 0 spiro atoms. The van der Waals surface area contributed by atoms with Gasteiger partial charge in [0, 0.05) is 13.1 Å². The number of rotatable bonds is 6. The van der Waals surface area contributed by atoms with E-state index in [1.54, 1.807) is 0 Å². The van der Waals surface area contributed by atoms with Crippen molar-refractivity contribution in [1.29, 1.82) is 0 Å². The van der Waals surface area contributed by atoms with Gasteiger partial charge in [0.25, 0.3) is 0 Å². The topological polar surface area (TPSA) is 74.8 Å². The van der Waals surface area contributed by atoms with E-state index in [4.69, 9.17) is 0 Å². The molecule has 6 heteroatoms. The maximum absolute atomic E-state index is 13.1. The van der Waals surface area contributed by atoms with E-state index in [-0.39, 0.29) is 71.0 Å². The number of fused-ring (bicyclic) bond motifs is 1. The molecule has 0 unspecified atom stereocenters. The fraction of sp³-hybridized carbons (Fsp3) is 0.727. The van der Waals surface area contributed by atoms with Crippen molar-refractivity contribution in [2.24, 2.45) is 47.3 Å². The van der Waals surface area contributed by atoms with Crippen molar-refractivity contribution >= 4 is 23.6 Å². The molecular formula is C22H28N2O4. The summed E-state index contributed by atoms with van der Waals surface area (Å²) in [6, 6.07) is 0. The Balaban J connectivity index is 1.45. The monoisotopic (exact) mass is 384 g/mol. The molecule has 0 aromatic rings. The van der Waals surface area contributed by atoms with Crippen molar-refractivity contribution in [2.75, 3.05) is 13.1 Å². The summed E-state index contributed by atoms with van der Waals surface area (Å²) in [5.74, 6) is -1.44. The molecule has 28 heavy (non-hydrogen) atoms. The third-order valence-electron chi connectivity index (χ3n) is 8.00. The van der Waals surface area contributed by atoms with Gasteiger partial charge in [-0.05, 0) is 36.5 Å². The van der Waals surface area contributed by atoms with E-state index in [0.717, 1.165) is 25.7 Å². The van der Waals surface area contributed by atoms with Gasteiger partial charge < -0.3 is 0 Å². The number of imide groups is 2. The highest BCUT2D eigenvalue weighted by Gasteiger charge is 2.74. The number of nitrogens with zero attached hydrogens (tertiary/aromatic N) is 2. The molecule has 2 saturated carbocycles. The Labute approximate surface area is 165 Å². The predicted molar refractivity (Wildman–Crippen MR) is 100 cm³/mol. The van der Waals surface area contributed by atoms with Crippen molar-refractivity contribution in [3.8, 4) is 0 Å². The number of carbonyl (C=O) groups is 4. The van der Waals surface area contributed by atoms with E-state index >= 15 is 0 Å². The second-order valence-electron chi connectivity index (χ2n) is 9.16. The minimum atomic E-state index is -0.325. The molecular weight excluding hydrogens is 356 g/mol. The predicted octanol–water partition coefficient (Wildman–Crippen LogP) is 1.85. The molecule has 0 N–H and O–H groups in total. The first-order valence-corrected chi connectivity index (χ1v) is 10.9. The van der Waals surface area contributed by atoms with Gasteiger partial charge in [0.15, 0.2) is 0 Å². The molecule has 6 rings (SSSR count). The first-order chi connectivity index (χ1) is 13.5. The van der Waals surface area contributed by atoms with Crippen LogP contribution < -0.4 is 0 Å². The van der Waals surface area contributed by atoms with Crippen molar-refractivity contribution in [2.45, 2.75) is 39.5 Å². The SMILES string of the molecule is CCCCN1C(=O)[C@@H]2[C@H]3C=C[C@@H]([C@@H]2C1=O)[C@@H]1[C@@H]2C(=O)N(CCCC)C(=O)[C@@H]2[C@H]31. The summed E-state index contributed by atoms with van der Waals surface area (Å²) >= 11 is 0. The summed E-state index contributed by atoms with van der Waals surface area (Å²) in [5, 5.41) is 0. The van der Waals surface area contributed by atoms with Crippen molar-refractivity contribution < 1.29 is 19.2 Å². The van der Waals surface area contributed by atoms with Crippen LogP contribution in [-0.4, -0.2) is 46.5 Å². The molecule has 2 saturated heterocycles. The van der Waals surface area contributed by atoms with E-state index in [0.29, 0.717) is 13.1 Å². The molecule has 0 aromatic carbocycles. The van der Waals surface area contributed by atoms with Gasteiger partial charge >= 0.3 is 0 Å². The average Bonchev–Trinajstić information content (AvgIpc) is 3.03. The molecule has 150 valence electrons. The van der Waals surface area contributed by atoms with Crippen LogP contribution in [0.4, 0.5) is 0 Å². The summed E-state index contributed by atoms with van der Waals surface area (Å²) in [6.45, 7) is 5.09. The van der Waals surface area contributed by atoms with Gasteiger partial charge in [-0.3, -0.25) is 29.0 Å². The third-order valence-corrected chi connectivity index (χ3v) is 8.00. The van der Waals surface area contributed by atoms with E-state index in [1.807, 2.05) is 13.8 Å². The lowest BCUT2D eigenvalue weighted by molar-refractivity contribution is -0.166. The van der Waals surface area contributed by atoms with E-state index in [9.17, 15) is 19.2 Å². The maximum Gasteiger partial charge on any atom is 0.233 e. The van der Waals surface area contributed by atoms with Gasteiger partial charge in [-0.15, -0.1) is 0 Å². The summed E-state index contributed by atoms with van der Waals surface area (Å²) in [6.07, 6.45) is 7.66. The second kappa shape index (κ2) is 6.26. The smallest absolute Gasteiger partial charge is 0.233 e. The Kier molecular flexibility index (Phi) is 4.04. The first kappa shape index (κ1) is 18.1. The third kappa shape index (κ3) is 2.04. The van der Waals surface area contributed by atoms with E-state index < -0.39 is 0 Å². The minimum absolute atomic E-state index is 0.0400. The van der Waals surface area contributed by atoms with E-state index in [1.165, 1.54) is 9.80 Å². The van der Waals surface area contributed by atoms with Crippen LogP contribution >= 0.6 is 0 Å². The van der Waals surface area contributed by atoms with Crippen LogP contribution in [0.5, 0.6) is 0 Å². The quantitative estimate of drug-likeness (QED) is 0.517. The Morgan fingerprint density at radius 1 is 0.643 bits per heavy atom. The Morgan fingerprint density at radius 2 is 1.00 bits per heavy atom. The number of hydrogen-bond donors (Lipinski definition) is 0. The van der Waals surface area contributed by atoms with Gasteiger partial charge in [0.2, 0.25) is 23.6 Å². The summed E-state index contributed by atoms with van der Waals surface area (Å²) in [7, 11) is 0. The second-order valence-corrected chi connectivity index (χ2v) is 9.16. The fourth-order valence-electron chi connectivity index (χ4n) is 6.80. The molecule has 2 heterocycles. The van der Waals surface area contributed by atoms with Gasteiger partial charge in [-0.1, -0.05) is 38.8 Å². The van der Waals surface area contributed by atoms with E-state index in [2.05, 4.69) is 12.2 Å². The largest absolute Gasteiger partial charge is 0.282 e. The molecule has 2 aliphatic heterocycles. The van der Waals surface area contributed by atoms with Crippen LogP contribution in [0.2, 0.25) is 0 Å². The molecule has 8 atom stereocenters. The number of likely N-dealkylation sites (tertiary alicyclic amines) is 2. The van der Waals surface area contributed by atoms with Crippen molar-refractivity contribution in [1.82, 2.24) is 9.80 Å². The highest BCUT2D eigenvalue weighted by molar-refractivity contribution is 6.09. The standard InChI is InChI=1S/C22H28N2O4/c1-3-5-9-23-19(25)15-11-7-8-12(16(15)20(23)26)14-13(11)17-18(14)22(28)24(21(17)27)10-6-4-2/h7-8,11-18H,3-6,9-10H2,1-2H3/t11-,12+,13+,14-,15+,16-,17+,18-.